The van der Waals surface area contributed by atoms with Crippen molar-refractivity contribution in [2.24, 2.45) is 0 Å². The van der Waals surface area contributed by atoms with Gasteiger partial charge in [0.25, 0.3) is 0 Å². The average Bonchev–Trinajstić information content (AvgIpc) is 2.15. The standard InChI is InChI=1S/C10H9FO2/c1-13-7-6-10(12)8-2-4-9(11)5-3-8/h2-7H,1H3/b7-6-. The molecule has 0 heterocycles. The third-order valence-corrected chi connectivity index (χ3v) is 1.48. The van der Waals surface area contributed by atoms with Crippen molar-refractivity contribution in [2.75, 3.05) is 7.11 Å². The van der Waals surface area contributed by atoms with Gasteiger partial charge in [0.2, 0.25) is 0 Å². The number of allylic oxidation sites excluding steroid dienone is 1. The van der Waals surface area contributed by atoms with Crippen LogP contribution in [0.5, 0.6) is 0 Å². The van der Waals surface area contributed by atoms with E-state index in [1.54, 1.807) is 0 Å². The fourth-order valence-electron chi connectivity index (χ4n) is 0.840. The lowest BCUT2D eigenvalue weighted by Crippen LogP contribution is -1.93. The van der Waals surface area contributed by atoms with Crippen molar-refractivity contribution in [3.63, 3.8) is 0 Å². The number of carbonyl (C=O) groups is 1. The number of methoxy groups -OCH3 is 1. The maximum atomic E-state index is 12.4. The van der Waals surface area contributed by atoms with Crippen LogP contribution >= 0.6 is 0 Å². The van der Waals surface area contributed by atoms with Gasteiger partial charge in [-0.3, -0.25) is 4.79 Å². The highest BCUT2D eigenvalue weighted by Gasteiger charge is 2.00. The largest absolute Gasteiger partial charge is 0.504 e. The maximum absolute atomic E-state index is 12.4. The number of halogens is 1. The Hall–Kier alpha value is -1.64. The molecule has 0 saturated heterocycles. The van der Waals surface area contributed by atoms with E-state index in [2.05, 4.69) is 4.74 Å². The number of benzene rings is 1. The highest BCUT2D eigenvalue weighted by molar-refractivity contribution is 6.04. The molecule has 1 aromatic carbocycles. The van der Waals surface area contributed by atoms with Gasteiger partial charge < -0.3 is 4.74 Å². The van der Waals surface area contributed by atoms with Gasteiger partial charge in [0.15, 0.2) is 5.78 Å². The fourth-order valence-corrected chi connectivity index (χ4v) is 0.840. The Bertz CT molecular complexity index is 314. The van der Waals surface area contributed by atoms with Crippen LogP contribution in [0.25, 0.3) is 0 Å². The number of hydrogen-bond donors (Lipinski definition) is 0. The molecule has 0 unspecified atom stereocenters. The van der Waals surface area contributed by atoms with E-state index in [0.29, 0.717) is 5.56 Å². The minimum atomic E-state index is -0.354. The van der Waals surface area contributed by atoms with Crippen molar-refractivity contribution in [3.8, 4) is 0 Å². The van der Waals surface area contributed by atoms with Gasteiger partial charge in [-0.1, -0.05) is 0 Å². The summed E-state index contributed by atoms with van der Waals surface area (Å²) in [6.07, 6.45) is 2.57. The SMILES string of the molecule is CO/C=C\C(=O)c1ccc(F)cc1. The highest BCUT2D eigenvalue weighted by Crippen LogP contribution is 2.04. The average molecular weight is 180 g/mol. The van der Waals surface area contributed by atoms with Crippen LogP contribution in [0, 0.1) is 5.82 Å². The molecular formula is C10H9FO2. The molecule has 3 heteroatoms. The van der Waals surface area contributed by atoms with Crippen LogP contribution in [0.15, 0.2) is 36.6 Å². The molecule has 13 heavy (non-hydrogen) atoms. The van der Waals surface area contributed by atoms with Crippen LogP contribution in [-0.2, 0) is 4.74 Å². The summed E-state index contributed by atoms with van der Waals surface area (Å²) in [4.78, 5) is 11.2. The fraction of sp³-hybridized carbons (Fsp3) is 0.100. The lowest BCUT2D eigenvalue weighted by atomic mass is 10.1. The zero-order valence-corrected chi connectivity index (χ0v) is 7.16. The van der Waals surface area contributed by atoms with E-state index in [9.17, 15) is 9.18 Å². The first-order valence-corrected chi connectivity index (χ1v) is 3.73. The van der Waals surface area contributed by atoms with Gasteiger partial charge in [0, 0.05) is 11.6 Å². The van der Waals surface area contributed by atoms with Crippen molar-refractivity contribution in [2.45, 2.75) is 0 Å². The van der Waals surface area contributed by atoms with Crippen molar-refractivity contribution < 1.29 is 13.9 Å². The van der Waals surface area contributed by atoms with Gasteiger partial charge >= 0.3 is 0 Å². The lowest BCUT2D eigenvalue weighted by molar-refractivity contribution is 0.104. The quantitative estimate of drug-likeness (QED) is 0.405. The minimum Gasteiger partial charge on any atom is -0.504 e. The highest BCUT2D eigenvalue weighted by atomic mass is 19.1. The normalized spacial score (nSPS) is 10.3. The van der Waals surface area contributed by atoms with Crippen LogP contribution in [0.3, 0.4) is 0 Å². The molecule has 0 radical (unpaired) electrons. The van der Waals surface area contributed by atoms with E-state index in [1.165, 1.54) is 43.7 Å². The van der Waals surface area contributed by atoms with Crippen LogP contribution in [-0.4, -0.2) is 12.9 Å². The zero-order chi connectivity index (χ0) is 9.68. The summed E-state index contributed by atoms with van der Waals surface area (Å²) in [5, 5.41) is 0. The molecule has 0 aromatic heterocycles. The molecule has 0 fully saturated rings. The van der Waals surface area contributed by atoms with Gasteiger partial charge in [-0.25, -0.2) is 4.39 Å². The van der Waals surface area contributed by atoms with E-state index in [1.807, 2.05) is 0 Å². The topological polar surface area (TPSA) is 26.3 Å². The third-order valence-electron chi connectivity index (χ3n) is 1.48. The van der Waals surface area contributed by atoms with Crippen LogP contribution < -0.4 is 0 Å². The summed E-state index contributed by atoms with van der Waals surface area (Å²) in [6.45, 7) is 0. The Kier molecular flexibility index (Phi) is 3.20. The molecular weight excluding hydrogens is 171 g/mol. The number of carbonyl (C=O) groups excluding carboxylic acids is 1. The van der Waals surface area contributed by atoms with Gasteiger partial charge in [0.05, 0.1) is 13.4 Å². The molecule has 0 aliphatic rings. The van der Waals surface area contributed by atoms with Crippen molar-refractivity contribution in [1.82, 2.24) is 0 Å². The van der Waals surface area contributed by atoms with Crippen LogP contribution in [0.4, 0.5) is 4.39 Å². The molecule has 1 aromatic rings. The zero-order valence-electron chi connectivity index (χ0n) is 7.16. The Morgan fingerprint density at radius 3 is 2.54 bits per heavy atom. The van der Waals surface area contributed by atoms with E-state index >= 15 is 0 Å². The molecule has 0 spiro atoms. The molecule has 0 aliphatic heterocycles. The second-order valence-corrected chi connectivity index (χ2v) is 2.41. The Balaban J connectivity index is 2.78. The van der Waals surface area contributed by atoms with Crippen molar-refractivity contribution in [3.05, 3.63) is 48.0 Å². The molecule has 0 amide bonds. The monoisotopic (exact) mass is 180 g/mol. The van der Waals surface area contributed by atoms with Gasteiger partial charge in [0.1, 0.15) is 5.82 Å². The summed E-state index contributed by atoms with van der Waals surface area (Å²) >= 11 is 0. The van der Waals surface area contributed by atoms with Gasteiger partial charge in [-0.05, 0) is 24.3 Å². The molecule has 0 atom stereocenters. The van der Waals surface area contributed by atoms with E-state index in [4.69, 9.17) is 0 Å². The first-order chi connectivity index (χ1) is 6.24. The molecule has 0 aliphatic carbocycles. The Morgan fingerprint density at radius 1 is 1.38 bits per heavy atom. The maximum Gasteiger partial charge on any atom is 0.188 e. The second kappa shape index (κ2) is 4.40. The molecule has 0 saturated carbocycles. The van der Waals surface area contributed by atoms with E-state index in [-0.39, 0.29) is 11.6 Å². The smallest absolute Gasteiger partial charge is 0.188 e. The molecule has 1 rings (SSSR count). The Morgan fingerprint density at radius 2 is 2.00 bits per heavy atom. The summed E-state index contributed by atoms with van der Waals surface area (Å²) in [5.74, 6) is -0.561. The lowest BCUT2D eigenvalue weighted by Gasteiger charge is -1.94. The van der Waals surface area contributed by atoms with Gasteiger partial charge in [-0.15, -0.1) is 0 Å². The number of hydrogen-bond acceptors (Lipinski definition) is 2. The summed E-state index contributed by atoms with van der Waals surface area (Å²) in [7, 11) is 1.45. The van der Waals surface area contributed by atoms with Crippen molar-refractivity contribution >= 4 is 5.78 Å². The van der Waals surface area contributed by atoms with E-state index in [0.717, 1.165) is 0 Å². The predicted octanol–water partition coefficient (Wildman–Crippen LogP) is 2.17. The molecule has 0 N–H and O–H groups in total. The van der Waals surface area contributed by atoms with Crippen LogP contribution in [0.2, 0.25) is 0 Å². The number of rotatable bonds is 3. The van der Waals surface area contributed by atoms with Crippen molar-refractivity contribution in [1.29, 1.82) is 0 Å². The summed E-state index contributed by atoms with van der Waals surface area (Å²) in [5.41, 5.74) is 0.440. The Labute approximate surface area is 75.6 Å². The van der Waals surface area contributed by atoms with Gasteiger partial charge in [-0.2, -0.15) is 0 Å². The second-order valence-electron chi connectivity index (χ2n) is 2.41. The number of ketones is 1. The summed E-state index contributed by atoms with van der Waals surface area (Å²) < 4.78 is 17.0. The first-order valence-electron chi connectivity index (χ1n) is 3.73. The molecule has 68 valence electrons. The number of ether oxygens (including phenoxy) is 1. The molecule has 2 nitrogen and oxygen atoms in total. The van der Waals surface area contributed by atoms with Crippen LogP contribution in [0.1, 0.15) is 10.4 Å². The van der Waals surface area contributed by atoms with E-state index < -0.39 is 0 Å². The first kappa shape index (κ1) is 9.45. The molecule has 0 bridgehead atoms. The predicted molar refractivity (Wildman–Crippen MR) is 46.9 cm³/mol. The third kappa shape index (κ3) is 2.71. The minimum absolute atomic E-state index is 0.207. The summed E-state index contributed by atoms with van der Waals surface area (Å²) in [6, 6.07) is 5.34.